The molecule has 1 aromatic carbocycles. The van der Waals surface area contributed by atoms with E-state index in [1.165, 1.54) is 18.2 Å². The van der Waals surface area contributed by atoms with Gasteiger partial charge in [0.25, 0.3) is 0 Å². The van der Waals surface area contributed by atoms with Gasteiger partial charge in [-0.3, -0.25) is 0 Å². The molecule has 0 atom stereocenters. The summed E-state index contributed by atoms with van der Waals surface area (Å²) in [5.74, 6) is 3.31. The van der Waals surface area contributed by atoms with Gasteiger partial charge in [0.15, 0.2) is 11.2 Å². The molecular weight excluding hydrogens is 294 g/mol. The largest absolute Gasteiger partial charge is 0.443 e. The van der Waals surface area contributed by atoms with Gasteiger partial charge in [0.05, 0.1) is 11.1 Å². The van der Waals surface area contributed by atoms with Gasteiger partial charge < -0.3 is 15.2 Å². The van der Waals surface area contributed by atoms with E-state index in [9.17, 15) is 9.59 Å². The van der Waals surface area contributed by atoms with E-state index in [2.05, 4.69) is 11.8 Å². The van der Waals surface area contributed by atoms with Crippen molar-refractivity contribution in [1.82, 2.24) is 0 Å². The molecule has 2 N–H and O–H groups in total. The van der Waals surface area contributed by atoms with Crippen LogP contribution in [0.3, 0.4) is 0 Å². The van der Waals surface area contributed by atoms with Crippen LogP contribution in [0.4, 0.5) is 5.69 Å². The molecule has 1 rings (SSSR count). The first-order valence-corrected chi connectivity index (χ1v) is 6.82. The molecule has 0 saturated heterocycles. The summed E-state index contributed by atoms with van der Waals surface area (Å²) >= 11 is 0. The number of nitrogen functional groups attached to an aromatic ring is 1. The highest BCUT2D eigenvalue weighted by molar-refractivity contribution is 5.97. The lowest BCUT2D eigenvalue weighted by Crippen LogP contribution is -2.27. The van der Waals surface area contributed by atoms with Gasteiger partial charge in [-0.15, -0.1) is 12.8 Å². The van der Waals surface area contributed by atoms with Crippen LogP contribution in [-0.4, -0.2) is 23.1 Å². The van der Waals surface area contributed by atoms with Gasteiger partial charge >= 0.3 is 11.9 Å². The fourth-order valence-electron chi connectivity index (χ4n) is 1.53. The van der Waals surface area contributed by atoms with Gasteiger partial charge in [-0.2, -0.15) is 0 Å². The van der Waals surface area contributed by atoms with Crippen LogP contribution in [0.5, 0.6) is 0 Å². The highest BCUT2D eigenvalue weighted by Crippen LogP contribution is 2.19. The minimum atomic E-state index is -1.08. The van der Waals surface area contributed by atoms with E-state index in [-0.39, 0.29) is 16.8 Å². The van der Waals surface area contributed by atoms with Crippen LogP contribution >= 0.6 is 0 Å². The Bertz CT molecular complexity index is 659. The van der Waals surface area contributed by atoms with Gasteiger partial charge in [-0.1, -0.05) is 11.8 Å². The van der Waals surface area contributed by atoms with E-state index in [4.69, 9.17) is 28.1 Å². The van der Waals surface area contributed by atoms with E-state index >= 15 is 0 Å². The molecule has 23 heavy (non-hydrogen) atoms. The van der Waals surface area contributed by atoms with Crippen LogP contribution in [0.1, 0.15) is 48.4 Å². The standard InChI is InChI=1S/C18H19NO4/c1-7-17(3,4)22-15(20)12-9-13(11-14(19)10-12)16(21)23-18(5,6)8-2/h1-2,9-11H,19H2,3-6H3. The van der Waals surface area contributed by atoms with Crippen LogP contribution in [0, 0.1) is 24.7 Å². The molecule has 0 aliphatic carbocycles. The number of esters is 2. The second-order valence-electron chi connectivity index (χ2n) is 5.93. The van der Waals surface area contributed by atoms with Gasteiger partial charge in [0, 0.05) is 5.69 Å². The molecule has 0 unspecified atom stereocenters. The van der Waals surface area contributed by atoms with Crippen molar-refractivity contribution in [2.24, 2.45) is 0 Å². The lowest BCUT2D eigenvalue weighted by molar-refractivity contribution is 0.0204. The average Bonchev–Trinajstić information content (AvgIpc) is 2.45. The Morgan fingerprint density at radius 1 is 0.913 bits per heavy atom. The first-order valence-electron chi connectivity index (χ1n) is 6.82. The molecule has 0 spiro atoms. The SMILES string of the molecule is C#CC(C)(C)OC(=O)c1cc(N)cc(C(=O)OC(C)(C)C#C)c1. The summed E-state index contributed by atoms with van der Waals surface area (Å²) in [6.07, 6.45) is 10.6. The van der Waals surface area contributed by atoms with E-state index in [0.717, 1.165) is 0 Å². The Kier molecular flexibility index (Phi) is 5.09. The Balaban J connectivity index is 3.10. The predicted octanol–water partition coefficient (Wildman–Crippen LogP) is 2.41. The normalized spacial score (nSPS) is 11.0. The van der Waals surface area contributed by atoms with Crippen LogP contribution < -0.4 is 5.73 Å². The third-order valence-electron chi connectivity index (χ3n) is 2.82. The molecule has 0 radical (unpaired) electrons. The number of anilines is 1. The molecule has 5 nitrogen and oxygen atoms in total. The molecule has 0 bridgehead atoms. The number of ether oxygens (including phenoxy) is 2. The lowest BCUT2D eigenvalue weighted by Gasteiger charge is -2.20. The maximum atomic E-state index is 12.1. The number of carbonyl (C=O) groups excluding carboxylic acids is 2. The number of rotatable bonds is 4. The fraction of sp³-hybridized carbons (Fsp3) is 0.333. The van der Waals surface area contributed by atoms with Crippen molar-refractivity contribution in [3.05, 3.63) is 29.3 Å². The summed E-state index contributed by atoms with van der Waals surface area (Å²) in [4.78, 5) is 24.3. The van der Waals surface area contributed by atoms with Gasteiger partial charge in [0.2, 0.25) is 0 Å². The smallest absolute Gasteiger partial charge is 0.339 e. The monoisotopic (exact) mass is 313 g/mol. The van der Waals surface area contributed by atoms with Crippen molar-refractivity contribution in [1.29, 1.82) is 0 Å². The Labute approximate surface area is 136 Å². The zero-order valence-electron chi connectivity index (χ0n) is 13.6. The quantitative estimate of drug-likeness (QED) is 0.524. The van der Waals surface area contributed by atoms with E-state index in [1.54, 1.807) is 27.7 Å². The first kappa shape index (κ1) is 18.1. The van der Waals surface area contributed by atoms with Crippen molar-refractivity contribution in [3.8, 4) is 24.7 Å². The van der Waals surface area contributed by atoms with Gasteiger partial charge in [-0.05, 0) is 45.9 Å². The summed E-state index contributed by atoms with van der Waals surface area (Å²) in [6, 6.07) is 4.09. The third-order valence-corrected chi connectivity index (χ3v) is 2.82. The molecular formula is C18H19NO4. The topological polar surface area (TPSA) is 78.6 Å². The van der Waals surface area contributed by atoms with Crippen LogP contribution in [0.2, 0.25) is 0 Å². The minimum absolute atomic E-state index is 0.0961. The maximum absolute atomic E-state index is 12.1. The average molecular weight is 313 g/mol. The summed E-state index contributed by atoms with van der Waals surface area (Å²) in [6.45, 7) is 6.28. The van der Waals surface area contributed by atoms with Gasteiger partial charge in [0.1, 0.15) is 0 Å². The second kappa shape index (κ2) is 6.46. The number of carbonyl (C=O) groups is 2. The molecule has 120 valence electrons. The van der Waals surface area contributed by atoms with Crippen LogP contribution in [0.25, 0.3) is 0 Å². The molecule has 0 aromatic heterocycles. The minimum Gasteiger partial charge on any atom is -0.443 e. The van der Waals surface area contributed by atoms with E-state index < -0.39 is 23.1 Å². The van der Waals surface area contributed by atoms with E-state index in [0.29, 0.717) is 0 Å². The molecule has 0 aliphatic heterocycles. The predicted molar refractivity (Wildman–Crippen MR) is 87.5 cm³/mol. The maximum Gasteiger partial charge on any atom is 0.339 e. The zero-order valence-corrected chi connectivity index (χ0v) is 13.6. The van der Waals surface area contributed by atoms with Crippen molar-refractivity contribution >= 4 is 17.6 Å². The molecule has 1 aromatic rings. The second-order valence-corrected chi connectivity index (χ2v) is 5.93. The lowest BCUT2D eigenvalue weighted by atomic mass is 10.1. The fourth-order valence-corrected chi connectivity index (χ4v) is 1.53. The molecule has 0 amide bonds. The van der Waals surface area contributed by atoms with Crippen molar-refractivity contribution < 1.29 is 19.1 Å². The number of hydrogen-bond acceptors (Lipinski definition) is 5. The summed E-state index contributed by atoms with van der Waals surface area (Å²) < 4.78 is 10.3. The Morgan fingerprint density at radius 3 is 1.57 bits per heavy atom. The highest BCUT2D eigenvalue weighted by atomic mass is 16.6. The highest BCUT2D eigenvalue weighted by Gasteiger charge is 2.24. The summed E-state index contributed by atoms with van der Waals surface area (Å²) in [5, 5.41) is 0. The third kappa shape index (κ3) is 5.09. The molecule has 0 aliphatic rings. The Hall–Kier alpha value is -2.92. The first-order chi connectivity index (χ1) is 10.5. The molecule has 0 heterocycles. The number of nitrogens with two attached hydrogens (primary N) is 1. The van der Waals surface area contributed by atoms with Crippen molar-refractivity contribution in [3.63, 3.8) is 0 Å². The van der Waals surface area contributed by atoms with E-state index in [1.807, 2.05) is 0 Å². The van der Waals surface area contributed by atoms with Crippen molar-refractivity contribution in [2.75, 3.05) is 5.73 Å². The van der Waals surface area contributed by atoms with Gasteiger partial charge in [-0.25, -0.2) is 9.59 Å². The molecule has 0 saturated carbocycles. The number of benzene rings is 1. The Morgan fingerprint density at radius 2 is 1.26 bits per heavy atom. The molecule has 0 fully saturated rings. The van der Waals surface area contributed by atoms with Crippen LogP contribution in [-0.2, 0) is 9.47 Å². The summed E-state index contributed by atoms with van der Waals surface area (Å²) in [5.41, 5.74) is 3.98. The number of terminal acetylenes is 2. The van der Waals surface area contributed by atoms with Crippen molar-refractivity contribution in [2.45, 2.75) is 38.9 Å². The summed E-state index contributed by atoms with van der Waals surface area (Å²) in [7, 11) is 0. The number of hydrogen-bond donors (Lipinski definition) is 1. The zero-order chi connectivity index (χ0) is 17.8. The molecule has 5 heteroatoms. The van der Waals surface area contributed by atoms with Crippen LogP contribution in [0.15, 0.2) is 18.2 Å².